The zero-order chi connectivity index (χ0) is 9.52. The van der Waals surface area contributed by atoms with Gasteiger partial charge in [-0.3, -0.25) is 5.84 Å². The fourth-order valence-corrected chi connectivity index (χ4v) is 0.947. The molecule has 4 heteroatoms. The van der Waals surface area contributed by atoms with Gasteiger partial charge in [0.15, 0.2) is 0 Å². The Balaban J connectivity index is 2.54. The second-order valence-electron chi connectivity index (χ2n) is 2.48. The summed E-state index contributed by atoms with van der Waals surface area (Å²) in [5.41, 5.74) is 3.33. The fraction of sp³-hybridized carbons (Fsp3) is 0.333. The third kappa shape index (κ3) is 2.93. The van der Waals surface area contributed by atoms with Crippen LogP contribution in [0, 0.1) is 0 Å². The number of anilines is 1. The van der Waals surface area contributed by atoms with Crippen molar-refractivity contribution < 1.29 is 9.47 Å². The van der Waals surface area contributed by atoms with Crippen molar-refractivity contribution in [1.29, 1.82) is 0 Å². The van der Waals surface area contributed by atoms with Crippen molar-refractivity contribution in [1.82, 2.24) is 0 Å². The number of nitrogens with one attached hydrogen (secondary N) is 1. The van der Waals surface area contributed by atoms with Crippen LogP contribution in [0.4, 0.5) is 5.69 Å². The van der Waals surface area contributed by atoms with E-state index in [0.29, 0.717) is 13.2 Å². The van der Waals surface area contributed by atoms with Crippen LogP contribution in [-0.4, -0.2) is 20.3 Å². The first-order chi connectivity index (χ1) is 6.38. The van der Waals surface area contributed by atoms with E-state index in [2.05, 4.69) is 5.43 Å². The van der Waals surface area contributed by atoms with Gasteiger partial charge in [-0.1, -0.05) is 12.1 Å². The normalized spacial score (nSPS) is 9.69. The number of nitrogen functional groups attached to an aromatic ring is 1. The quantitative estimate of drug-likeness (QED) is 0.405. The molecule has 1 rings (SSSR count). The summed E-state index contributed by atoms with van der Waals surface area (Å²) in [5, 5.41) is 0. The van der Waals surface area contributed by atoms with Gasteiger partial charge in [-0.25, -0.2) is 0 Å². The van der Waals surface area contributed by atoms with Crippen LogP contribution in [0.5, 0.6) is 5.75 Å². The molecule has 0 aliphatic carbocycles. The van der Waals surface area contributed by atoms with Crippen molar-refractivity contribution in [2.75, 3.05) is 25.7 Å². The Hall–Kier alpha value is -1.26. The molecule has 0 atom stereocenters. The molecule has 0 aliphatic heterocycles. The minimum Gasteiger partial charge on any atom is -0.489 e. The van der Waals surface area contributed by atoms with E-state index in [9.17, 15) is 0 Å². The zero-order valence-electron chi connectivity index (χ0n) is 7.62. The smallest absolute Gasteiger partial charge is 0.143 e. The molecule has 0 spiro atoms. The Morgan fingerprint density at radius 2 is 2.08 bits per heavy atom. The maximum atomic E-state index is 5.40. The van der Waals surface area contributed by atoms with E-state index in [0.717, 1.165) is 11.4 Å². The standard InChI is InChI=1S/C9H14N2O2/c1-12-6-7-13-9-5-3-2-4-8(9)11-10/h2-5,11H,6-7,10H2,1H3. The van der Waals surface area contributed by atoms with E-state index >= 15 is 0 Å². The minimum atomic E-state index is 0.523. The minimum absolute atomic E-state index is 0.523. The molecule has 0 saturated carbocycles. The SMILES string of the molecule is COCCOc1ccccc1NN. The van der Waals surface area contributed by atoms with Crippen molar-refractivity contribution in [3.63, 3.8) is 0 Å². The van der Waals surface area contributed by atoms with E-state index in [1.54, 1.807) is 7.11 Å². The highest BCUT2D eigenvalue weighted by molar-refractivity contribution is 5.55. The van der Waals surface area contributed by atoms with Gasteiger partial charge in [-0.05, 0) is 12.1 Å². The summed E-state index contributed by atoms with van der Waals surface area (Å²) in [5.74, 6) is 6.03. The van der Waals surface area contributed by atoms with Crippen LogP contribution >= 0.6 is 0 Å². The molecule has 1 aromatic rings. The summed E-state index contributed by atoms with van der Waals surface area (Å²) in [7, 11) is 1.64. The average Bonchev–Trinajstić information content (AvgIpc) is 2.19. The molecule has 0 fully saturated rings. The Morgan fingerprint density at radius 1 is 1.31 bits per heavy atom. The number of ether oxygens (including phenoxy) is 2. The van der Waals surface area contributed by atoms with Gasteiger partial charge in [0.05, 0.1) is 12.3 Å². The number of hydrogen-bond donors (Lipinski definition) is 2. The molecule has 4 nitrogen and oxygen atoms in total. The van der Waals surface area contributed by atoms with Crippen molar-refractivity contribution in [2.24, 2.45) is 5.84 Å². The largest absolute Gasteiger partial charge is 0.489 e. The molecule has 0 heterocycles. The molecule has 0 amide bonds. The predicted molar refractivity (Wildman–Crippen MR) is 51.6 cm³/mol. The second-order valence-corrected chi connectivity index (χ2v) is 2.48. The van der Waals surface area contributed by atoms with Gasteiger partial charge < -0.3 is 14.9 Å². The number of para-hydroxylation sites is 2. The number of rotatable bonds is 5. The van der Waals surface area contributed by atoms with E-state index in [-0.39, 0.29) is 0 Å². The van der Waals surface area contributed by atoms with Crippen LogP contribution in [0.3, 0.4) is 0 Å². The predicted octanol–water partition coefficient (Wildman–Crippen LogP) is 0.997. The first-order valence-electron chi connectivity index (χ1n) is 4.06. The molecule has 0 radical (unpaired) electrons. The highest BCUT2D eigenvalue weighted by Gasteiger charge is 1.99. The van der Waals surface area contributed by atoms with Crippen LogP contribution in [-0.2, 0) is 4.74 Å². The number of hydrogen-bond acceptors (Lipinski definition) is 4. The lowest BCUT2D eigenvalue weighted by atomic mass is 10.3. The molecule has 3 N–H and O–H groups in total. The summed E-state index contributed by atoms with van der Waals surface area (Å²) in [6, 6.07) is 7.48. The summed E-state index contributed by atoms with van der Waals surface area (Å²) in [4.78, 5) is 0. The Bertz CT molecular complexity index is 253. The maximum Gasteiger partial charge on any atom is 0.143 e. The molecule has 0 bridgehead atoms. The highest BCUT2D eigenvalue weighted by Crippen LogP contribution is 2.21. The summed E-state index contributed by atoms with van der Waals surface area (Å²) in [6.07, 6.45) is 0. The molecule has 0 saturated heterocycles. The number of methoxy groups -OCH3 is 1. The van der Waals surface area contributed by atoms with Crippen molar-refractivity contribution >= 4 is 5.69 Å². The number of benzene rings is 1. The van der Waals surface area contributed by atoms with E-state index in [4.69, 9.17) is 15.3 Å². The lowest BCUT2D eigenvalue weighted by Gasteiger charge is -2.09. The van der Waals surface area contributed by atoms with E-state index in [1.807, 2.05) is 24.3 Å². The molecular weight excluding hydrogens is 168 g/mol. The summed E-state index contributed by atoms with van der Waals surface area (Å²) < 4.78 is 10.3. The van der Waals surface area contributed by atoms with Gasteiger partial charge in [0.1, 0.15) is 12.4 Å². The molecule has 0 aromatic heterocycles. The fourth-order valence-electron chi connectivity index (χ4n) is 0.947. The Labute approximate surface area is 77.6 Å². The van der Waals surface area contributed by atoms with Crippen LogP contribution in [0.1, 0.15) is 0 Å². The monoisotopic (exact) mass is 182 g/mol. The highest BCUT2D eigenvalue weighted by atomic mass is 16.5. The molecule has 0 aliphatic rings. The van der Waals surface area contributed by atoms with Crippen LogP contribution in [0.2, 0.25) is 0 Å². The molecular formula is C9H14N2O2. The molecule has 72 valence electrons. The first kappa shape index (κ1) is 9.83. The Morgan fingerprint density at radius 3 is 2.77 bits per heavy atom. The van der Waals surface area contributed by atoms with Gasteiger partial charge in [0, 0.05) is 7.11 Å². The average molecular weight is 182 g/mol. The van der Waals surface area contributed by atoms with Gasteiger partial charge in [-0.15, -0.1) is 0 Å². The van der Waals surface area contributed by atoms with Gasteiger partial charge in [0.2, 0.25) is 0 Å². The first-order valence-corrected chi connectivity index (χ1v) is 4.06. The van der Waals surface area contributed by atoms with Crippen molar-refractivity contribution in [3.8, 4) is 5.75 Å². The third-order valence-corrected chi connectivity index (χ3v) is 1.59. The lowest BCUT2D eigenvalue weighted by Crippen LogP contribution is -2.10. The van der Waals surface area contributed by atoms with Crippen molar-refractivity contribution in [3.05, 3.63) is 24.3 Å². The zero-order valence-corrected chi connectivity index (χ0v) is 7.62. The van der Waals surface area contributed by atoms with Gasteiger partial charge >= 0.3 is 0 Å². The van der Waals surface area contributed by atoms with Crippen LogP contribution < -0.4 is 16.0 Å². The van der Waals surface area contributed by atoms with Crippen molar-refractivity contribution in [2.45, 2.75) is 0 Å². The van der Waals surface area contributed by atoms with E-state index < -0.39 is 0 Å². The van der Waals surface area contributed by atoms with Gasteiger partial charge in [0.25, 0.3) is 0 Å². The second kappa shape index (κ2) is 5.40. The summed E-state index contributed by atoms with van der Waals surface area (Å²) >= 11 is 0. The molecule has 0 unspecified atom stereocenters. The maximum absolute atomic E-state index is 5.40. The number of hydrazine groups is 1. The third-order valence-electron chi connectivity index (χ3n) is 1.59. The van der Waals surface area contributed by atoms with Crippen LogP contribution in [0.15, 0.2) is 24.3 Å². The topological polar surface area (TPSA) is 56.5 Å². The van der Waals surface area contributed by atoms with E-state index in [1.165, 1.54) is 0 Å². The number of nitrogens with two attached hydrogens (primary N) is 1. The lowest BCUT2D eigenvalue weighted by molar-refractivity contribution is 0.146. The molecule has 1 aromatic carbocycles. The molecule has 13 heavy (non-hydrogen) atoms. The Kier molecular flexibility index (Phi) is 4.08. The van der Waals surface area contributed by atoms with Gasteiger partial charge in [-0.2, -0.15) is 0 Å². The van der Waals surface area contributed by atoms with Crippen LogP contribution in [0.25, 0.3) is 0 Å². The summed E-state index contributed by atoms with van der Waals surface area (Å²) in [6.45, 7) is 1.09.